The Labute approximate surface area is 208 Å². The largest absolute Gasteiger partial charge is 0.481 e. The number of aromatic amines is 1. The summed E-state index contributed by atoms with van der Waals surface area (Å²) in [5, 5.41) is 26.1. The molecule has 0 fully saturated rings. The number of nitrogens with one attached hydrogen (secondary N) is 4. The van der Waals surface area contributed by atoms with E-state index in [4.69, 9.17) is 15.9 Å². The normalized spacial score (nSPS) is 14.3. The van der Waals surface area contributed by atoms with Gasteiger partial charge in [0.15, 0.2) is 0 Å². The minimum atomic E-state index is -1.26. The average Bonchev–Trinajstić information content (AvgIpc) is 3.25. The summed E-state index contributed by atoms with van der Waals surface area (Å²) in [6, 6.07) is 4.14. The molecule has 2 rings (SSSR count). The van der Waals surface area contributed by atoms with Crippen LogP contribution in [0.4, 0.5) is 0 Å². The fourth-order valence-electron chi connectivity index (χ4n) is 3.67. The van der Waals surface area contributed by atoms with Gasteiger partial charge in [0, 0.05) is 23.5 Å². The van der Waals surface area contributed by atoms with Crippen LogP contribution in [-0.2, 0) is 30.4 Å². The van der Waals surface area contributed by atoms with Crippen molar-refractivity contribution in [2.24, 2.45) is 11.7 Å². The van der Waals surface area contributed by atoms with Crippen molar-refractivity contribution < 1.29 is 34.2 Å². The van der Waals surface area contributed by atoms with Gasteiger partial charge in [0.1, 0.15) is 18.6 Å². The van der Waals surface area contributed by atoms with Gasteiger partial charge in [0.2, 0.25) is 17.7 Å². The molecule has 0 aliphatic carbocycles. The Morgan fingerprint density at radius 2 is 1.69 bits per heavy atom. The van der Waals surface area contributed by atoms with Crippen LogP contribution in [0.25, 0.3) is 10.9 Å². The number of rotatable bonds is 14. The standard InChI is InChI=1S/C24H33N5O7/c1-3-13(2)21(24(36)27-12-20(32)33)29-23(35)18(8-9-19(30)31)28-22(34)16(25)10-14-11-26-17-7-5-4-6-15(14)17/h4-7,11,13,16,18,21,26H,3,8-10,12,25H2,1-2H3,(H,27,36)(H,28,34)(H,29,35)(H,30,31)(H,32,33). The highest BCUT2D eigenvalue weighted by Crippen LogP contribution is 2.19. The van der Waals surface area contributed by atoms with Gasteiger partial charge in [0.05, 0.1) is 6.04 Å². The monoisotopic (exact) mass is 503 g/mol. The number of para-hydroxylation sites is 1. The topological polar surface area (TPSA) is 204 Å². The number of carboxylic acid groups (broad SMARTS) is 2. The van der Waals surface area contributed by atoms with E-state index in [1.165, 1.54) is 0 Å². The molecule has 12 heteroatoms. The summed E-state index contributed by atoms with van der Waals surface area (Å²) in [5.41, 5.74) is 7.79. The number of nitrogens with two attached hydrogens (primary N) is 1. The van der Waals surface area contributed by atoms with Gasteiger partial charge in [-0.1, -0.05) is 38.5 Å². The van der Waals surface area contributed by atoms with E-state index in [2.05, 4.69) is 20.9 Å². The number of hydrogen-bond acceptors (Lipinski definition) is 6. The van der Waals surface area contributed by atoms with Gasteiger partial charge in [-0.15, -0.1) is 0 Å². The van der Waals surface area contributed by atoms with Crippen molar-refractivity contribution in [2.75, 3.05) is 6.54 Å². The molecule has 0 saturated heterocycles. The summed E-state index contributed by atoms with van der Waals surface area (Å²) >= 11 is 0. The average molecular weight is 504 g/mol. The third-order valence-corrected chi connectivity index (χ3v) is 5.94. The maximum atomic E-state index is 13.0. The Bertz CT molecular complexity index is 1100. The third-order valence-electron chi connectivity index (χ3n) is 5.94. The first-order valence-corrected chi connectivity index (χ1v) is 11.7. The molecule has 1 aromatic carbocycles. The molecule has 12 nitrogen and oxygen atoms in total. The predicted molar refractivity (Wildman–Crippen MR) is 131 cm³/mol. The molecule has 3 amide bonds. The summed E-state index contributed by atoms with van der Waals surface area (Å²) in [5.74, 6) is -4.88. The van der Waals surface area contributed by atoms with E-state index in [0.717, 1.165) is 16.5 Å². The number of amides is 3. The SMILES string of the molecule is CCC(C)C(NC(=O)C(CCC(=O)O)NC(=O)C(N)Cc1c[nH]c2ccccc12)C(=O)NCC(=O)O. The van der Waals surface area contributed by atoms with Crippen molar-refractivity contribution in [3.05, 3.63) is 36.0 Å². The molecular formula is C24H33N5O7. The number of carbonyl (C=O) groups is 5. The lowest BCUT2D eigenvalue weighted by Gasteiger charge is -2.26. The van der Waals surface area contributed by atoms with Crippen molar-refractivity contribution >= 4 is 40.6 Å². The van der Waals surface area contributed by atoms with Gasteiger partial charge in [0.25, 0.3) is 0 Å². The summed E-state index contributed by atoms with van der Waals surface area (Å²) < 4.78 is 0. The van der Waals surface area contributed by atoms with E-state index in [-0.39, 0.29) is 18.8 Å². The van der Waals surface area contributed by atoms with E-state index in [9.17, 15) is 24.0 Å². The summed E-state index contributed by atoms with van der Waals surface area (Å²) in [6.45, 7) is 2.87. The van der Waals surface area contributed by atoms with Crippen LogP contribution in [0.15, 0.2) is 30.5 Å². The van der Waals surface area contributed by atoms with Crippen LogP contribution in [0, 0.1) is 5.92 Å². The minimum Gasteiger partial charge on any atom is -0.481 e. The van der Waals surface area contributed by atoms with Crippen LogP contribution in [0.2, 0.25) is 0 Å². The summed E-state index contributed by atoms with van der Waals surface area (Å²) in [6.07, 6.45) is 1.79. The Balaban J connectivity index is 2.12. The first kappa shape index (κ1) is 28.3. The maximum absolute atomic E-state index is 13.0. The lowest BCUT2D eigenvalue weighted by molar-refractivity contribution is -0.139. The van der Waals surface area contributed by atoms with E-state index < -0.39 is 60.8 Å². The minimum absolute atomic E-state index is 0.177. The molecule has 36 heavy (non-hydrogen) atoms. The Morgan fingerprint density at radius 1 is 1.00 bits per heavy atom. The molecule has 2 aromatic rings. The third kappa shape index (κ3) is 8.08. The number of benzene rings is 1. The van der Waals surface area contributed by atoms with E-state index in [0.29, 0.717) is 6.42 Å². The second kappa shape index (κ2) is 13.2. The Morgan fingerprint density at radius 3 is 2.33 bits per heavy atom. The smallest absolute Gasteiger partial charge is 0.322 e. The molecule has 0 bridgehead atoms. The molecule has 0 spiro atoms. The van der Waals surface area contributed by atoms with Gasteiger partial charge in [-0.3, -0.25) is 24.0 Å². The molecule has 0 aliphatic rings. The zero-order chi connectivity index (χ0) is 26.8. The van der Waals surface area contributed by atoms with Crippen LogP contribution in [0.1, 0.15) is 38.7 Å². The van der Waals surface area contributed by atoms with Gasteiger partial charge in [-0.05, 0) is 30.4 Å². The fraction of sp³-hybridized carbons (Fsp3) is 0.458. The molecule has 0 aliphatic heterocycles. The first-order chi connectivity index (χ1) is 17.0. The van der Waals surface area contributed by atoms with Gasteiger partial charge >= 0.3 is 11.9 Å². The molecule has 196 valence electrons. The van der Waals surface area contributed by atoms with Crippen LogP contribution in [-0.4, -0.2) is 69.5 Å². The number of carboxylic acids is 2. The second-order valence-electron chi connectivity index (χ2n) is 8.65. The number of H-pyrrole nitrogens is 1. The van der Waals surface area contributed by atoms with Crippen LogP contribution < -0.4 is 21.7 Å². The fourth-order valence-corrected chi connectivity index (χ4v) is 3.67. The second-order valence-corrected chi connectivity index (χ2v) is 8.65. The number of aromatic nitrogens is 1. The highest BCUT2D eigenvalue weighted by molar-refractivity contribution is 5.94. The van der Waals surface area contributed by atoms with Crippen LogP contribution in [0.3, 0.4) is 0 Å². The Hall–Kier alpha value is -3.93. The number of fused-ring (bicyclic) bond motifs is 1. The lowest BCUT2D eigenvalue weighted by atomic mass is 9.97. The predicted octanol–water partition coefficient (Wildman–Crippen LogP) is 0.119. The Kier molecular flexibility index (Phi) is 10.4. The highest BCUT2D eigenvalue weighted by atomic mass is 16.4. The van der Waals surface area contributed by atoms with Crippen molar-refractivity contribution in [2.45, 2.75) is 57.7 Å². The zero-order valence-electron chi connectivity index (χ0n) is 20.2. The van der Waals surface area contributed by atoms with Crippen LogP contribution in [0.5, 0.6) is 0 Å². The quantitative estimate of drug-likeness (QED) is 0.188. The summed E-state index contributed by atoms with van der Waals surface area (Å²) in [7, 11) is 0. The molecule has 1 aromatic heterocycles. The molecule has 8 N–H and O–H groups in total. The maximum Gasteiger partial charge on any atom is 0.322 e. The van der Waals surface area contributed by atoms with Crippen molar-refractivity contribution in [3.8, 4) is 0 Å². The molecule has 0 radical (unpaired) electrons. The molecule has 4 unspecified atom stereocenters. The summed E-state index contributed by atoms with van der Waals surface area (Å²) in [4.78, 5) is 63.4. The first-order valence-electron chi connectivity index (χ1n) is 11.7. The van der Waals surface area contributed by atoms with Gasteiger partial charge in [-0.25, -0.2) is 0 Å². The molecular weight excluding hydrogens is 470 g/mol. The van der Waals surface area contributed by atoms with Crippen molar-refractivity contribution in [3.63, 3.8) is 0 Å². The van der Waals surface area contributed by atoms with Crippen LogP contribution >= 0.6 is 0 Å². The van der Waals surface area contributed by atoms with E-state index in [1.807, 2.05) is 24.3 Å². The van der Waals surface area contributed by atoms with Gasteiger partial charge < -0.3 is 36.9 Å². The lowest BCUT2D eigenvalue weighted by Crippen LogP contribution is -2.57. The molecule has 1 heterocycles. The van der Waals surface area contributed by atoms with Crippen molar-refractivity contribution in [1.29, 1.82) is 0 Å². The molecule has 4 atom stereocenters. The van der Waals surface area contributed by atoms with Gasteiger partial charge in [-0.2, -0.15) is 0 Å². The van der Waals surface area contributed by atoms with E-state index >= 15 is 0 Å². The highest BCUT2D eigenvalue weighted by Gasteiger charge is 2.31. The van der Waals surface area contributed by atoms with Crippen molar-refractivity contribution in [1.82, 2.24) is 20.9 Å². The zero-order valence-corrected chi connectivity index (χ0v) is 20.2. The number of hydrogen-bond donors (Lipinski definition) is 7. The number of aliphatic carboxylic acids is 2. The number of carbonyl (C=O) groups excluding carboxylic acids is 3. The van der Waals surface area contributed by atoms with E-state index in [1.54, 1.807) is 20.0 Å². The molecule has 0 saturated carbocycles.